The van der Waals surface area contributed by atoms with Crippen molar-refractivity contribution in [2.45, 2.75) is 11.8 Å². The Balaban J connectivity index is 2.89. The molecule has 2 nitrogen and oxygen atoms in total. The summed E-state index contributed by atoms with van der Waals surface area (Å²) < 4.78 is 0. The molecular weight excluding hydrogens is 290 g/mol. The van der Waals surface area contributed by atoms with Crippen LogP contribution in [0.15, 0.2) is 49.6 Å². The van der Waals surface area contributed by atoms with Crippen LogP contribution in [0, 0.1) is 0 Å². The third-order valence-corrected chi connectivity index (χ3v) is 2.99. The first-order chi connectivity index (χ1) is 8.60. The van der Waals surface area contributed by atoms with Crippen molar-refractivity contribution >= 4 is 27.4 Å². The minimum absolute atomic E-state index is 0.0977. The van der Waals surface area contributed by atoms with Gasteiger partial charge in [-0.15, -0.1) is 13.2 Å². The summed E-state index contributed by atoms with van der Waals surface area (Å²) in [7, 11) is 0. The second-order valence-corrected chi connectivity index (χ2v) is 5.38. The molecule has 1 aromatic carbocycles. The average molecular weight is 308 g/mol. The number of nitrogens with zero attached hydrogens (tertiary/aromatic N) is 1. The molecule has 0 bridgehead atoms. The molecule has 0 N–H and O–H groups in total. The van der Waals surface area contributed by atoms with Crippen LogP contribution in [0.2, 0.25) is 0 Å². The van der Waals surface area contributed by atoms with Crippen LogP contribution in [0.3, 0.4) is 0 Å². The van der Waals surface area contributed by atoms with Crippen molar-refractivity contribution in [1.82, 2.24) is 0 Å². The first-order valence-electron chi connectivity index (χ1n) is 5.85. The molecule has 1 atom stereocenters. The second kappa shape index (κ2) is 7.17. The Morgan fingerprint density at radius 2 is 1.78 bits per heavy atom. The van der Waals surface area contributed by atoms with Crippen LogP contribution < -0.4 is 4.90 Å². The number of hydrogen-bond acceptors (Lipinski definition) is 2. The summed E-state index contributed by atoms with van der Waals surface area (Å²) in [5.74, 6) is 0.0977. The minimum Gasteiger partial charge on any atom is -0.364 e. The van der Waals surface area contributed by atoms with Gasteiger partial charge in [-0.3, -0.25) is 4.79 Å². The molecule has 0 saturated heterocycles. The Kier molecular flexibility index (Phi) is 5.86. The molecule has 96 valence electrons. The van der Waals surface area contributed by atoms with E-state index in [1.807, 2.05) is 43.3 Å². The molecule has 0 radical (unpaired) electrons. The lowest BCUT2D eigenvalue weighted by Gasteiger charge is -2.21. The van der Waals surface area contributed by atoms with E-state index in [9.17, 15) is 4.79 Å². The zero-order chi connectivity index (χ0) is 13.5. The molecule has 0 fully saturated rings. The number of carbonyl (C=O) groups is 1. The van der Waals surface area contributed by atoms with Gasteiger partial charge >= 0.3 is 0 Å². The van der Waals surface area contributed by atoms with Gasteiger partial charge in [0, 0.05) is 24.3 Å². The maximum Gasteiger partial charge on any atom is 0.176 e. The number of carbonyl (C=O) groups excluding carboxylic acids is 1. The third kappa shape index (κ3) is 3.84. The maximum absolute atomic E-state index is 11.8. The van der Waals surface area contributed by atoms with Gasteiger partial charge in [-0.25, -0.2) is 0 Å². The molecule has 0 spiro atoms. The van der Waals surface area contributed by atoms with E-state index in [0.717, 1.165) is 24.3 Å². The van der Waals surface area contributed by atoms with Gasteiger partial charge in [0.2, 0.25) is 0 Å². The van der Waals surface area contributed by atoms with E-state index in [1.54, 1.807) is 0 Å². The van der Waals surface area contributed by atoms with Crippen LogP contribution in [-0.4, -0.2) is 23.7 Å². The molecule has 0 aliphatic carbocycles. The van der Waals surface area contributed by atoms with Gasteiger partial charge in [0.15, 0.2) is 5.78 Å². The van der Waals surface area contributed by atoms with Gasteiger partial charge in [-0.2, -0.15) is 0 Å². The summed E-state index contributed by atoms with van der Waals surface area (Å²) in [6, 6.07) is 7.62. The van der Waals surface area contributed by atoms with Crippen LogP contribution in [0.5, 0.6) is 0 Å². The summed E-state index contributed by atoms with van der Waals surface area (Å²) in [5.41, 5.74) is 1.79. The number of Topliss-reactive ketones (excluding diaryl/α,β-unsaturated/α-hetero) is 1. The summed E-state index contributed by atoms with van der Waals surface area (Å²) in [5, 5.41) is 0. The summed E-state index contributed by atoms with van der Waals surface area (Å²) >= 11 is 3.29. The van der Waals surface area contributed by atoms with Crippen molar-refractivity contribution in [3.05, 3.63) is 55.1 Å². The monoisotopic (exact) mass is 307 g/mol. The number of hydrogen-bond donors (Lipinski definition) is 0. The Morgan fingerprint density at radius 1 is 1.28 bits per heavy atom. The van der Waals surface area contributed by atoms with Gasteiger partial charge in [-0.05, 0) is 31.2 Å². The Bertz CT molecular complexity index is 413. The maximum atomic E-state index is 11.8. The number of halogens is 1. The van der Waals surface area contributed by atoms with Crippen molar-refractivity contribution in [3.63, 3.8) is 0 Å². The highest BCUT2D eigenvalue weighted by Crippen LogP contribution is 2.17. The highest BCUT2D eigenvalue weighted by Gasteiger charge is 2.12. The minimum atomic E-state index is -0.152. The first-order valence-corrected chi connectivity index (χ1v) is 6.76. The van der Waals surface area contributed by atoms with Crippen LogP contribution in [-0.2, 0) is 0 Å². The zero-order valence-electron chi connectivity index (χ0n) is 10.6. The van der Waals surface area contributed by atoms with Crippen molar-refractivity contribution in [2.24, 2.45) is 0 Å². The quantitative estimate of drug-likeness (QED) is 0.433. The average Bonchev–Trinajstić information content (AvgIpc) is 2.38. The van der Waals surface area contributed by atoms with Crippen molar-refractivity contribution in [1.29, 1.82) is 0 Å². The van der Waals surface area contributed by atoms with Gasteiger partial charge in [0.25, 0.3) is 0 Å². The number of alkyl halides is 1. The van der Waals surface area contributed by atoms with Crippen LogP contribution in [0.1, 0.15) is 17.3 Å². The fraction of sp³-hybridized carbons (Fsp3) is 0.267. The fourth-order valence-electron chi connectivity index (χ4n) is 1.66. The molecule has 0 aliphatic rings. The smallest absolute Gasteiger partial charge is 0.176 e. The fourth-order valence-corrected chi connectivity index (χ4v) is 1.93. The van der Waals surface area contributed by atoms with E-state index in [0.29, 0.717) is 0 Å². The number of benzene rings is 1. The Morgan fingerprint density at radius 3 is 2.17 bits per heavy atom. The van der Waals surface area contributed by atoms with E-state index in [-0.39, 0.29) is 10.6 Å². The number of ketones is 1. The van der Waals surface area contributed by atoms with E-state index < -0.39 is 0 Å². The highest BCUT2D eigenvalue weighted by atomic mass is 79.9. The Hall–Kier alpha value is -1.35. The lowest BCUT2D eigenvalue weighted by molar-refractivity contribution is 0.0996. The number of anilines is 1. The third-order valence-electron chi connectivity index (χ3n) is 2.58. The van der Waals surface area contributed by atoms with Crippen LogP contribution in [0.25, 0.3) is 0 Å². The SMILES string of the molecule is C=CCN(CC=C)c1ccc(C(=O)C(C)Br)cc1. The molecule has 1 aromatic rings. The van der Waals surface area contributed by atoms with Gasteiger partial charge in [-0.1, -0.05) is 28.1 Å². The largest absolute Gasteiger partial charge is 0.364 e. The summed E-state index contributed by atoms with van der Waals surface area (Å²) in [4.78, 5) is 13.8. The standard InChI is InChI=1S/C15H18BrNO/c1-4-10-17(11-5-2)14-8-6-13(7-9-14)15(18)12(3)16/h4-9,12H,1-2,10-11H2,3H3. The normalized spacial score (nSPS) is 11.7. The molecule has 3 heteroatoms. The summed E-state index contributed by atoms with van der Waals surface area (Å²) in [6.07, 6.45) is 3.70. The van der Waals surface area contributed by atoms with Gasteiger partial charge < -0.3 is 4.90 Å². The predicted molar refractivity (Wildman–Crippen MR) is 81.8 cm³/mol. The lowest BCUT2D eigenvalue weighted by Crippen LogP contribution is -2.23. The second-order valence-electron chi connectivity index (χ2n) is 4.01. The van der Waals surface area contributed by atoms with E-state index in [4.69, 9.17) is 0 Å². The first kappa shape index (κ1) is 14.7. The molecule has 0 saturated carbocycles. The molecule has 18 heavy (non-hydrogen) atoms. The van der Waals surface area contributed by atoms with E-state index in [1.165, 1.54) is 0 Å². The van der Waals surface area contributed by atoms with Crippen molar-refractivity contribution < 1.29 is 4.79 Å². The molecule has 0 aromatic heterocycles. The van der Waals surface area contributed by atoms with Gasteiger partial charge in [0.1, 0.15) is 0 Å². The van der Waals surface area contributed by atoms with Crippen molar-refractivity contribution in [3.8, 4) is 0 Å². The van der Waals surface area contributed by atoms with Crippen molar-refractivity contribution in [2.75, 3.05) is 18.0 Å². The predicted octanol–water partition coefficient (Wildman–Crippen LogP) is 3.83. The van der Waals surface area contributed by atoms with E-state index in [2.05, 4.69) is 34.0 Å². The zero-order valence-corrected chi connectivity index (χ0v) is 12.2. The molecule has 0 amide bonds. The summed E-state index contributed by atoms with van der Waals surface area (Å²) in [6.45, 7) is 10.8. The topological polar surface area (TPSA) is 20.3 Å². The molecule has 0 heterocycles. The highest BCUT2D eigenvalue weighted by molar-refractivity contribution is 9.10. The Labute approximate surface area is 117 Å². The van der Waals surface area contributed by atoms with Crippen LogP contribution >= 0.6 is 15.9 Å². The van der Waals surface area contributed by atoms with Gasteiger partial charge in [0.05, 0.1) is 4.83 Å². The molecular formula is C15H18BrNO. The molecule has 1 rings (SSSR count). The van der Waals surface area contributed by atoms with E-state index >= 15 is 0 Å². The molecule has 1 unspecified atom stereocenters. The van der Waals surface area contributed by atoms with Crippen LogP contribution in [0.4, 0.5) is 5.69 Å². The number of rotatable bonds is 7. The molecule has 0 aliphatic heterocycles. The lowest BCUT2D eigenvalue weighted by atomic mass is 10.1.